The molecule has 0 unspecified atom stereocenters. The molecule has 2 amide bonds. The number of nitrogens with zero attached hydrogens (tertiary/aromatic N) is 1. The number of hydrogen-bond acceptors (Lipinski definition) is 8. The Hall–Kier alpha value is -4.01. The second-order valence-corrected chi connectivity index (χ2v) is 9.59. The van der Waals surface area contributed by atoms with Crippen LogP contribution in [0.1, 0.15) is 55.1 Å². The van der Waals surface area contributed by atoms with E-state index >= 15 is 0 Å². The molecule has 9 heteroatoms. The van der Waals surface area contributed by atoms with Crippen LogP contribution in [0.5, 0.6) is 0 Å². The predicted molar refractivity (Wildman–Crippen MR) is 127 cm³/mol. The summed E-state index contributed by atoms with van der Waals surface area (Å²) in [4.78, 5) is 69.3. The summed E-state index contributed by atoms with van der Waals surface area (Å²) in [6.45, 7) is 6.45. The van der Waals surface area contributed by atoms with Gasteiger partial charge in [0.15, 0.2) is 11.2 Å². The summed E-state index contributed by atoms with van der Waals surface area (Å²) in [5.41, 5.74) is -2.64. The van der Waals surface area contributed by atoms with Crippen molar-refractivity contribution < 1.29 is 38.2 Å². The smallest absolute Gasteiger partial charge is 0.421 e. The summed E-state index contributed by atoms with van der Waals surface area (Å²) in [7, 11) is 1.16. The van der Waals surface area contributed by atoms with Crippen LogP contribution in [0.15, 0.2) is 48.5 Å². The molecule has 1 aliphatic heterocycles. The van der Waals surface area contributed by atoms with Crippen molar-refractivity contribution in [1.29, 1.82) is 0 Å². The SMILES string of the molecule is CCOC(=O)[C@H]1[C@@H](C(=O)OC)c2ccccc2C(=O)[C@@]12C(=O)N(C(=O)OC(C)(C)C)c1ccccc12. The van der Waals surface area contributed by atoms with Crippen molar-refractivity contribution in [3.63, 3.8) is 0 Å². The molecule has 9 nitrogen and oxygen atoms in total. The third-order valence-corrected chi connectivity index (χ3v) is 6.38. The second kappa shape index (κ2) is 8.89. The molecule has 0 bridgehead atoms. The molecule has 3 atom stereocenters. The summed E-state index contributed by atoms with van der Waals surface area (Å²) in [6.07, 6.45) is -0.999. The van der Waals surface area contributed by atoms with Crippen molar-refractivity contribution in [2.75, 3.05) is 18.6 Å². The highest BCUT2D eigenvalue weighted by molar-refractivity contribution is 6.35. The first-order valence-electron chi connectivity index (χ1n) is 11.6. The van der Waals surface area contributed by atoms with E-state index in [1.54, 1.807) is 58.0 Å². The molecule has 1 heterocycles. The molecule has 188 valence electrons. The second-order valence-electron chi connectivity index (χ2n) is 9.59. The molecule has 2 aliphatic rings. The van der Waals surface area contributed by atoms with Crippen LogP contribution in [0.4, 0.5) is 10.5 Å². The van der Waals surface area contributed by atoms with Crippen LogP contribution in [0.25, 0.3) is 0 Å². The summed E-state index contributed by atoms with van der Waals surface area (Å²) >= 11 is 0. The van der Waals surface area contributed by atoms with E-state index in [4.69, 9.17) is 14.2 Å². The number of ketones is 1. The molecule has 2 aromatic rings. The minimum atomic E-state index is -2.24. The summed E-state index contributed by atoms with van der Waals surface area (Å²) < 4.78 is 15.8. The number of Topliss-reactive ketones (excluding diaryl/α,β-unsaturated/α-hetero) is 1. The highest BCUT2D eigenvalue weighted by atomic mass is 16.6. The van der Waals surface area contributed by atoms with E-state index in [1.165, 1.54) is 18.2 Å². The summed E-state index contributed by atoms with van der Waals surface area (Å²) in [5, 5.41) is 0. The number of carbonyl (C=O) groups is 5. The van der Waals surface area contributed by atoms with Crippen molar-refractivity contribution in [3.8, 4) is 0 Å². The summed E-state index contributed by atoms with van der Waals surface area (Å²) in [6, 6.07) is 12.4. The Balaban J connectivity index is 2.07. The zero-order chi connectivity index (χ0) is 26.4. The lowest BCUT2D eigenvalue weighted by atomic mass is 9.56. The van der Waals surface area contributed by atoms with Gasteiger partial charge in [-0.05, 0) is 39.3 Å². The number of para-hydroxylation sites is 1. The van der Waals surface area contributed by atoms with E-state index in [9.17, 15) is 24.0 Å². The fourth-order valence-corrected chi connectivity index (χ4v) is 5.10. The van der Waals surface area contributed by atoms with E-state index in [0.717, 1.165) is 12.0 Å². The Morgan fingerprint density at radius 3 is 2.25 bits per heavy atom. The molecular weight excluding hydrogens is 466 g/mol. The number of esters is 2. The Kier molecular flexibility index (Phi) is 6.20. The standard InChI is InChI=1S/C27H27NO8/c1-6-35-23(31)20-19(22(30)34-5)15-11-7-8-12-16(15)21(29)27(20)17-13-9-10-14-18(17)28(24(27)32)25(33)36-26(2,3)4/h7-14,19-20H,6H2,1-5H3/t19-,20+,27-/m0/s1. The number of rotatable bonds is 3. The monoisotopic (exact) mass is 493 g/mol. The van der Waals surface area contributed by atoms with Gasteiger partial charge in [0.25, 0.3) is 5.91 Å². The van der Waals surface area contributed by atoms with Crippen LogP contribution in [0.2, 0.25) is 0 Å². The lowest BCUT2D eigenvalue weighted by Gasteiger charge is -2.41. The third-order valence-electron chi connectivity index (χ3n) is 6.38. The molecule has 0 radical (unpaired) electrons. The number of methoxy groups -OCH3 is 1. The van der Waals surface area contributed by atoms with Gasteiger partial charge in [0, 0.05) is 11.1 Å². The van der Waals surface area contributed by atoms with Crippen molar-refractivity contribution in [2.45, 2.75) is 44.6 Å². The highest BCUT2D eigenvalue weighted by Crippen LogP contribution is 2.56. The van der Waals surface area contributed by atoms with Gasteiger partial charge in [-0.1, -0.05) is 42.5 Å². The Bertz CT molecular complexity index is 1280. The first kappa shape index (κ1) is 25.1. The van der Waals surface area contributed by atoms with Crippen LogP contribution in [-0.4, -0.2) is 49.0 Å². The molecule has 1 aliphatic carbocycles. The molecule has 36 heavy (non-hydrogen) atoms. The van der Waals surface area contributed by atoms with Gasteiger partial charge in [-0.15, -0.1) is 0 Å². The normalized spacial score (nSPS) is 22.6. The van der Waals surface area contributed by atoms with E-state index in [-0.39, 0.29) is 29.0 Å². The van der Waals surface area contributed by atoms with Gasteiger partial charge in [-0.3, -0.25) is 19.2 Å². The Morgan fingerprint density at radius 1 is 0.972 bits per heavy atom. The first-order valence-corrected chi connectivity index (χ1v) is 11.6. The number of ether oxygens (including phenoxy) is 3. The maximum Gasteiger partial charge on any atom is 0.421 e. The van der Waals surface area contributed by atoms with Crippen LogP contribution < -0.4 is 4.90 Å². The lowest BCUT2D eigenvalue weighted by Crippen LogP contribution is -2.60. The van der Waals surface area contributed by atoms with Gasteiger partial charge in [0.2, 0.25) is 0 Å². The average Bonchev–Trinajstić information content (AvgIpc) is 3.08. The number of carbonyl (C=O) groups excluding carboxylic acids is 5. The number of benzene rings is 2. The Morgan fingerprint density at radius 2 is 1.61 bits per heavy atom. The van der Waals surface area contributed by atoms with Crippen LogP contribution in [-0.2, 0) is 34.0 Å². The topological polar surface area (TPSA) is 116 Å². The fraction of sp³-hybridized carbons (Fsp3) is 0.370. The van der Waals surface area contributed by atoms with Gasteiger partial charge in [0.1, 0.15) is 11.5 Å². The molecule has 0 aromatic heterocycles. The largest absolute Gasteiger partial charge is 0.469 e. The molecule has 4 rings (SSSR count). The Labute approximate surface area is 208 Å². The predicted octanol–water partition coefficient (Wildman–Crippen LogP) is 3.54. The van der Waals surface area contributed by atoms with E-state index < -0.39 is 52.6 Å². The fourth-order valence-electron chi connectivity index (χ4n) is 5.10. The van der Waals surface area contributed by atoms with Gasteiger partial charge in [-0.2, -0.15) is 0 Å². The molecule has 0 N–H and O–H groups in total. The number of anilines is 1. The van der Waals surface area contributed by atoms with Crippen LogP contribution in [0.3, 0.4) is 0 Å². The average molecular weight is 494 g/mol. The quantitative estimate of drug-likeness (QED) is 0.362. The molecular formula is C27H27NO8. The molecule has 0 saturated heterocycles. The molecule has 1 spiro atoms. The lowest BCUT2D eigenvalue weighted by molar-refractivity contribution is -0.159. The molecule has 0 fully saturated rings. The zero-order valence-electron chi connectivity index (χ0n) is 20.7. The maximum absolute atomic E-state index is 14.3. The minimum absolute atomic E-state index is 0.0548. The van der Waals surface area contributed by atoms with Gasteiger partial charge < -0.3 is 14.2 Å². The van der Waals surface area contributed by atoms with Gasteiger partial charge >= 0.3 is 18.0 Å². The van der Waals surface area contributed by atoms with Crippen molar-refractivity contribution in [2.24, 2.45) is 5.92 Å². The summed E-state index contributed by atoms with van der Waals surface area (Å²) in [5.74, 6) is -6.38. The van der Waals surface area contributed by atoms with E-state index in [1.807, 2.05) is 0 Å². The molecule has 0 saturated carbocycles. The number of hydrogen-bond donors (Lipinski definition) is 0. The number of imide groups is 1. The minimum Gasteiger partial charge on any atom is -0.469 e. The van der Waals surface area contributed by atoms with Crippen LogP contribution in [0, 0.1) is 5.92 Å². The maximum atomic E-state index is 14.3. The molecule has 2 aromatic carbocycles. The van der Waals surface area contributed by atoms with E-state index in [2.05, 4.69) is 0 Å². The van der Waals surface area contributed by atoms with Gasteiger partial charge in [-0.25, -0.2) is 9.69 Å². The third kappa shape index (κ3) is 3.57. The highest BCUT2D eigenvalue weighted by Gasteiger charge is 2.70. The zero-order valence-corrected chi connectivity index (χ0v) is 20.7. The van der Waals surface area contributed by atoms with Crippen molar-refractivity contribution in [1.82, 2.24) is 0 Å². The number of fused-ring (bicyclic) bond motifs is 3. The first-order chi connectivity index (χ1) is 17.0. The van der Waals surface area contributed by atoms with Crippen LogP contribution >= 0.6 is 0 Å². The van der Waals surface area contributed by atoms with Crippen molar-refractivity contribution >= 4 is 35.4 Å². The number of amides is 2. The van der Waals surface area contributed by atoms with E-state index in [0.29, 0.717) is 0 Å². The van der Waals surface area contributed by atoms with Gasteiger partial charge in [0.05, 0.1) is 25.3 Å². The van der Waals surface area contributed by atoms with Crippen molar-refractivity contribution in [3.05, 3.63) is 65.2 Å².